The molecule has 1 heterocycles. The molecular weight excluding hydrogens is 226 g/mol. The Labute approximate surface area is 111 Å². The number of carbonyl (C=O) groups excluding carboxylic acids is 1. The molecule has 0 radical (unpaired) electrons. The van der Waals surface area contributed by atoms with Crippen molar-refractivity contribution in [2.24, 2.45) is 5.92 Å². The third kappa shape index (κ3) is 5.21. The number of nitrogens with zero attached hydrogens (tertiary/aromatic N) is 1. The van der Waals surface area contributed by atoms with Gasteiger partial charge in [0.1, 0.15) is 0 Å². The smallest absolute Gasteiger partial charge is 0.333 e. The number of ether oxygens (including phenoxy) is 1. The van der Waals surface area contributed by atoms with Crippen LogP contribution in [0.4, 0.5) is 0 Å². The molecule has 0 aliphatic carbocycles. The van der Waals surface area contributed by atoms with Crippen LogP contribution in [0.1, 0.15) is 46.0 Å². The molecule has 0 aromatic heterocycles. The fourth-order valence-electron chi connectivity index (χ4n) is 2.61. The maximum atomic E-state index is 11.3. The zero-order valence-electron chi connectivity index (χ0n) is 12.1. The van der Waals surface area contributed by atoms with Gasteiger partial charge in [0.2, 0.25) is 0 Å². The SMILES string of the molecule is CCCC1CCCN(CC=C(C)C(=O)OC)CC1. The van der Waals surface area contributed by atoms with Crippen molar-refractivity contribution in [3.05, 3.63) is 11.6 Å². The summed E-state index contributed by atoms with van der Waals surface area (Å²) in [5.41, 5.74) is 0.715. The molecule has 0 spiro atoms. The zero-order chi connectivity index (χ0) is 13.4. The summed E-state index contributed by atoms with van der Waals surface area (Å²) >= 11 is 0. The van der Waals surface area contributed by atoms with E-state index in [1.165, 1.54) is 39.2 Å². The van der Waals surface area contributed by atoms with E-state index in [0.29, 0.717) is 5.57 Å². The molecule has 1 unspecified atom stereocenters. The number of hydrogen-bond donors (Lipinski definition) is 0. The molecule has 0 aromatic carbocycles. The van der Waals surface area contributed by atoms with Gasteiger partial charge in [-0.3, -0.25) is 4.90 Å². The van der Waals surface area contributed by atoms with E-state index in [9.17, 15) is 4.79 Å². The van der Waals surface area contributed by atoms with Crippen molar-refractivity contribution in [3.63, 3.8) is 0 Å². The second-order valence-corrected chi connectivity index (χ2v) is 5.26. The van der Waals surface area contributed by atoms with Crippen LogP contribution in [0.15, 0.2) is 11.6 Å². The highest BCUT2D eigenvalue weighted by atomic mass is 16.5. The van der Waals surface area contributed by atoms with E-state index < -0.39 is 0 Å². The molecule has 1 atom stereocenters. The fraction of sp³-hybridized carbons (Fsp3) is 0.800. The van der Waals surface area contributed by atoms with Crippen LogP contribution in [0.2, 0.25) is 0 Å². The van der Waals surface area contributed by atoms with E-state index in [2.05, 4.69) is 11.8 Å². The Morgan fingerprint density at radius 3 is 2.83 bits per heavy atom. The standard InChI is InChI=1S/C15H27NO2/c1-4-6-14-7-5-10-16(12-9-14)11-8-13(2)15(17)18-3/h8,14H,4-7,9-12H2,1-3H3. The fourth-order valence-corrected chi connectivity index (χ4v) is 2.61. The average molecular weight is 253 g/mol. The van der Waals surface area contributed by atoms with Crippen molar-refractivity contribution in [1.29, 1.82) is 0 Å². The van der Waals surface area contributed by atoms with Gasteiger partial charge in [-0.05, 0) is 45.2 Å². The Hall–Kier alpha value is -0.830. The van der Waals surface area contributed by atoms with Gasteiger partial charge in [0.25, 0.3) is 0 Å². The minimum atomic E-state index is -0.214. The van der Waals surface area contributed by atoms with Crippen LogP contribution in [0, 0.1) is 5.92 Å². The van der Waals surface area contributed by atoms with E-state index >= 15 is 0 Å². The van der Waals surface area contributed by atoms with Crippen LogP contribution in [0.3, 0.4) is 0 Å². The van der Waals surface area contributed by atoms with E-state index in [1.54, 1.807) is 0 Å². The van der Waals surface area contributed by atoms with Gasteiger partial charge in [-0.15, -0.1) is 0 Å². The van der Waals surface area contributed by atoms with Crippen LogP contribution >= 0.6 is 0 Å². The Bertz CT molecular complexity index is 286. The maximum absolute atomic E-state index is 11.3. The molecule has 104 valence electrons. The summed E-state index contributed by atoms with van der Waals surface area (Å²) in [6, 6.07) is 0. The summed E-state index contributed by atoms with van der Waals surface area (Å²) in [4.78, 5) is 13.7. The molecule has 0 aromatic rings. The minimum Gasteiger partial charge on any atom is -0.466 e. The van der Waals surface area contributed by atoms with Crippen LogP contribution in [-0.2, 0) is 9.53 Å². The van der Waals surface area contributed by atoms with Crippen LogP contribution in [-0.4, -0.2) is 37.6 Å². The zero-order valence-corrected chi connectivity index (χ0v) is 12.1. The number of carbonyl (C=O) groups is 1. The van der Waals surface area contributed by atoms with Gasteiger partial charge >= 0.3 is 5.97 Å². The number of esters is 1. The van der Waals surface area contributed by atoms with E-state index in [-0.39, 0.29) is 5.97 Å². The largest absolute Gasteiger partial charge is 0.466 e. The molecule has 1 fully saturated rings. The lowest BCUT2D eigenvalue weighted by atomic mass is 9.96. The molecule has 1 aliphatic rings. The normalized spacial score (nSPS) is 22.6. The summed E-state index contributed by atoms with van der Waals surface area (Å²) < 4.78 is 4.70. The van der Waals surface area contributed by atoms with Crippen LogP contribution < -0.4 is 0 Å². The predicted molar refractivity (Wildman–Crippen MR) is 74.5 cm³/mol. The first-order valence-corrected chi connectivity index (χ1v) is 7.14. The first kappa shape index (κ1) is 15.2. The molecular formula is C15H27NO2. The maximum Gasteiger partial charge on any atom is 0.333 e. The van der Waals surface area contributed by atoms with Gasteiger partial charge in [-0.25, -0.2) is 4.79 Å². The van der Waals surface area contributed by atoms with Gasteiger partial charge in [-0.1, -0.05) is 25.8 Å². The topological polar surface area (TPSA) is 29.5 Å². The molecule has 1 saturated heterocycles. The molecule has 18 heavy (non-hydrogen) atoms. The highest BCUT2D eigenvalue weighted by Crippen LogP contribution is 2.21. The second kappa shape index (κ2) is 8.30. The van der Waals surface area contributed by atoms with Crippen LogP contribution in [0.25, 0.3) is 0 Å². The van der Waals surface area contributed by atoms with Crippen molar-refractivity contribution in [3.8, 4) is 0 Å². The van der Waals surface area contributed by atoms with Crippen LogP contribution in [0.5, 0.6) is 0 Å². The minimum absolute atomic E-state index is 0.214. The van der Waals surface area contributed by atoms with Gasteiger partial charge in [0, 0.05) is 12.1 Å². The first-order chi connectivity index (χ1) is 8.67. The van der Waals surface area contributed by atoms with Gasteiger partial charge in [0.15, 0.2) is 0 Å². The lowest BCUT2D eigenvalue weighted by Gasteiger charge is -2.18. The molecule has 0 N–H and O–H groups in total. The lowest BCUT2D eigenvalue weighted by molar-refractivity contribution is -0.136. The Morgan fingerprint density at radius 2 is 2.17 bits per heavy atom. The number of methoxy groups -OCH3 is 1. The van der Waals surface area contributed by atoms with Gasteiger partial charge in [0.05, 0.1) is 7.11 Å². The van der Waals surface area contributed by atoms with E-state index in [1.807, 2.05) is 13.0 Å². The highest BCUT2D eigenvalue weighted by Gasteiger charge is 2.15. The third-order valence-electron chi connectivity index (χ3n) is 3.80. The van der Waals surface area contributed by atoms with Crippen molar-refractivity contribution >= 4 is 5.97 Å². The number of rotatable bonds is 5. The molecule has 0 saturated carbocycles. The molecule has 0 amide bonds. The first-order valence-electron chi connectivity index (χ1n) is 7.14. The Kier molecular flexibility index (Phi) is 7.02. The van der Waals surface area contributed by atoms with E-state index in [0.717, 1.165) is 25.6 Å². The Morgan fingerprint density at radius 1 is 1.39 bits per heavy atom. The monoisotopic (exact) mass is 253 g/mol. The number of likely N-dealkylation sites (tertiary alicyclic amines) is 1. The summed E-state index contributed by atoms with van der Waals surface area (Å²) in [6.45, 7) is 7.29. The second-order valence-electron chi connectivity index (χ2n) is 5.26. The summed E-state index contributed by atoms with van der Waals surface area (Å²) in [5.74, 6) is 0.694. The van der Waals surface area contributed by atoms with Crippen molar-refractivity contribution < 1.29 is 9.53 Å². The average Bonchev–Trinajstić information content (AvgIpc) is 2.61. The molecule has 1 aliphatic heterocycles. The molecule has 0 bridgehead atoms. The van der Waals surface area contributed by atoms with Gasteiger partial charge < -0.3 is 4.74 Å². The van der Waals surface area contributed by atoms with E-state index in [4.69, 9.17) is 4.74 Å². The summed E-state index contributed by atoms with van der Waals surface area (Å²) in [7, 11) is 1.43. The lowest BCUT2D eigenvalue weighted by Crippen LogP contribution is -2.25. The predicted octanol–water partition coefficient (Wildman–Crippen LogP) is 3.01. The highest BCUT2D eigenvalue weighted by molar-refractivity contribution is 5.87. The Balaban J connectivity index is 2.37. The van der Waals surface area contributed by atoms with Crippen molar-refractivity contribution in [2.45, 2.75) is 46.0 Å². The third-order valence-corrected chi connectivity index (χ3v) is 3.80. The molecule has 1 rings (SSSR count). The molecule has 3 nitrogen and oxygen atoms in total. The summed E-state index contributed by atoms with van der Waals surface area (Å²) in [5, 5.41) is 0. The molecule has 3 heteroatoms. The quantitative estimate of drug-likeness (QED) is 0.557. The van der Waals surface area contributed by atoms with Gasteiger partial charge in [-0.2, -0.15) is 0 Å². The van der Waals surface area contributed by atoms with Crippen molar-refractivity contribution in [1.82, 2.24) is 4.90 Å². The summed E-state index contributed by atoms with van der Waals surface area (Å²) in [6.07, 6.45) is 8.61. The number of hydrogen-bond acceptors (Lipinski definition) is 3. The van der Waals surface area contributed by atoms with Crippen molar-refractivity contribution in [2.75, 3.05) is 26.7 Å².